The lowest BCUT2D eigenvalue weighted by Crippen LogP contribution is -2.52. The molecular weight excluding hydrogens is 366 g/mol. The van der Waals surface area contributed by atoms with Gasteiger partial charge >= 0.3 is 0 Å². The maximum Gasteiger partial charge on any atom is 0.269 e. The van der Waals surface area contributed by atoms with Gasteiger partial charge in [0.05, 0.1) is 5.56 Å². The quantitative estimate of drug-likeness (QED) is 0.821. The van der Waals surface area contributed by atoms with Crippen LogP contribution in [-0.4, -0.2) is 61.2 Å². The number of carbonyl (C=O) groups is 2. The van der Waals surface area contributed by atoms with Gasteiger partial charge in [0.2, 0.25) is 0 Å². The Balaban J connectivity index is 0.00000225. The van der Waals surface area contributed by atoms with Crippen LogP contribution in [0.2, 0.25) is 0 Å². The minimum atomic E-state index is -3.89. The third kappa shape index (κ3) is 3.14. The predicted molar refractivity (Wildman–Crippen MR) is 95.5 cm³/mol. The van der Waals surface area contributed by atoms with Crippen LogP contribution < -0.4 is 5.32 Å². The van der Waals surface area contributed by atoms with Crippen LogP contribution in [0.5, 0.6) is 0 Å². The Bertz CT molecular complexity index is 810. The van der Waals surface area contributed by atoms with E-state index in [9.17, 15) is 18.0 Å². The molecule has 1 fully saturated rings. The summed E-state index contributed by atoms with van der Waals surface area (Å²) in [4.78, 5) is 26.7. The van der Waals surface area contributed by atoms with Crippen LogP contribution in [0.25, 0.3) is 0 Å². The molecule has 0 radical (unpaired) electrons. The zero-order chi connectivity index (χ0) is 17.6. The van der Waals surface area contributed by atoms with Crippen molar-refractivity contribution < 1.29 is 18.0 Å². The molecule has 2 heterocycles. The molecule has 25 heavy (non-hydrogen) atoms. The molecule has 0 saturated carbocycles. The van der Waals surface area contributed by atoms with Gasteiger partial charge in [-0.15, -0.1) is 12.4 Å². The maximum absolute atomic E-state index is 12.7. The first-order valence-electron chi connectivity index (χ1n) is 7.99. The Hall–Kier alpha value is -1.64. The number of rotatable bonds is 2. The fourth-order valence-electron chi connectivity index (χ4n) is 3.20. The molecule has 2 aliphatic rings. The van der Waals surface area contributed by atoms with E-state index < -0.39 is 22.0 Å². The van der Waals surface area contributed by atoms with Crippen LogP contribution in [0.1, 0.15) is 41.5 Å². The second-order valence-corrected chi connectivity index (χ2v) is 8.25. The second kappa shape index (κ2) is 6.93. The van der Waals surface area contributed by atoms with Crippen molar-refractivity contribution in [1.29, 1.82) is 0 Å². The standard InChI is InChI=1S/C16H21N3O4S.ClH/c1-10(2)19-16(21)13-5-4-12(8-14(13)24(19,22)23)15(20)18-7-6-17-9-11(18)3;/h4-5,8,10-11,17H,6-7,9H2,1-3H3;1H. The van der Waals surface area contributed by atoms with E-state index in [4.69, 9.17) is 0 Å². The van der Waals surface area contributed by atoms with E-state index in [0.29, 0.717) is 25.2 Å². The van der Waals surface area contributed by atoms with Crippen LogP contribution in [0, 0.1) is 0 Å². The monoisotopic (exact) mass is 387 g/mol. The first kappa shape index (κ1) is 19.7. The largest absolute Gasteiger partial charge is 0.333 e. The molecule has 1 aromatic rings. The molecule has 2 amide bonds. The van der Waals surface area contributed by atoms with Crippen molar-refractivity contribution >= 4 is 34.2 Å². The molecule has 1 saturated heterocycles. The molecule has 0 spiro atoms. The van der Waals surface area contributed by atoms with Gasteiger partial charge in [-0.25, -0.2) is 12.7 Å². The highest BCUT2D eigenvalue weighted by molar-refractivity contribution is 7.90. The third-order valence-corrected chi connectivity index (χ3v) is 6.43. The number of nitrogens with zero attached hydrogens (tertiary/aromatic N) is 2. The molecule has 1 aromatic carbocycles. The molecule has 2 aliphatic heterocycles. The van der Waals surface area contributed by atoms with Crippen molar-refractivity contribution in [3.05, 3.63) is 29.3 Å². The normalized spacial score (nSPS) is 21.9. The fraction of sp³-hybridized carbons (Fsp3) is 0.500. The number of hydrogen-bond acceptors (Lipinski definition) is 5. The average Bonchev–Trinajstić information content (AvgIpc) is 2.73. The number of nitrogens with one attached hydrogen (secondary N) is 1. The van der Waals surface area contributed by atoms with Gasteiger partial charge in [0, 0.05) is 37.3 Å². The van der Waals surface area contributed by atoms with E-state index in [2.05, 4.69) is 5.32 Å². The van der Waals surface area contributed by atoms with Crippen molar-refractivity contribution in [3.63, 3.8) is 0 Å². The highest BCUT2D eigenvalue weighted by Crippen LogP contribution is 2.32. The summed E-state index contributed by atoms with van der Waals surface area (Å²) in [5.41, 5.74) is 0.429. The summed E-state index contributed by atoms with van der Waals surface area (Å²) in [7, 11) is -3.89. The van der Waals surface area contributed by atoms with Gasteiger partial charge in [0.25, 0.3) is 21.8 Å². The molecule has 0 aliphatic carbocycles. The summed E-state index contributed by atoms with van der Waals surface area (Å²) in [6.45, 7) is 7.22. The zero-order valence-electron chi connectivity index (χ0n) is 14.4. The van der Waals surface area contributed by atoms with Crippen LogP contribution in [-0.2, 0) is 10.0 Å². The first-order valence-corrected chi connectivity index (χ1v) is 9.43. The Labute approximate surface area is 153 Å². The number of fused-ring (bicyclic) bond motifs is 1. The van der Waals surface area contributed by atoms with E-state index in [1.807, 2.05) is 6.92 Å². The molecule has 1 atom stereocenters. The van der Waals surface area contributed by atoms with E-state index in [0.717, 1.165) is 4.31 Å². The lowest BCUT2D eigenvalue weighted by atomic mass is 10.1. The van der Waals surface area contributed by atoms with Gasteiger partial charge in [-0.3, -0.25) is 9.59 Å². The van der Waals surface area contributed by atoms with Gasteiger partial charge in [-0.05, 0) is 39.0 Å². The Kier molecular flexibility index (Phi) is 5.46. The van der Waals surface area contributed by atoms with E-state index in [-0.39, 0.29) is 34.8 Å². The number of sulfonamides is 1. The van der Waals surface area contributed by atoms with Gasteiger partial charge < -0.3 is 10.2 Å². The van der Waals surface area contributed by atoms with Crippen LogP contribution in [0.15, 0.2) is 23.1 Å². The fourth-order valence-corrected chi connectivity index (χ4v) is 4.99. The molecule has 1 unspecified atom stereocenters. The second-order valence-electron chi connectivity index (χ2n) is 6.46. The van der Waals surface area contributed by atoms with Gasteiger partial charge in [-0.2, -0.15) is 0 Å². The number of hydrogen-bond donors (Lipinski definition) is 1. The summed E-state index contributed by atoms with van der Waals surface area (Å²) in [5.74, 6) is -0.744. The summed E-state index contributed by atoms with van der Waals surface area (Å²) >= 11 is 0. The molecule has 0 bridgehead atoms. The minimum Gasteiger partial charge on any atom is -0.333 e. The SMILES string of the molecule is CC1CNCCN1C(=O)c1ccc2c(c1)S(=O)(=O)N(C(C)C)C2=O.Cl. The number of halogens is 1. The summed E-state index contributed by atoms with van der Waals surface area (Å²) in [6.07, 6.45) is 0. The zero-order valence-corrected chi connectivity index (χ0v) is 16.0. The van der Waals surface area contributed by atoms with Crippen LogP contribution >= 0.6 is 12.4 Å². The molecular formula is C16H22ClN3O4S. The number of amides is 2. The maximum atomic E-state index is 12.7. The van der Waals surface area contributed by atoms with Gasteiger partial charge in [0.1, 0.15) is 4.90 Å². The lowest BCUT2D eigenvalue weighted by molar-refractivity contribution is 0.0655. The number of benzene rings is 1. The van der Waals surface area contributed by atoms with Crippen LogP contribution in [0.3, 0.4) is 0 Å². The molecule has 0 aromatic heterocycles. The lowest BCUT2D eigenvalue weighted by Gasteiger charge is -2.34. The minimum absolute atomic E-state index is 0. The van der Waals surface area contributed by atoms with E-state index in [1.54, 1.807) is 18.7 Å². The topological polar surface area (TPSA) is 86.8 Å². The Morgan fingerprint density at radius 3 is 2.60 bits per heavy atom. The van der Waals surface area contributed by atoms with Gasteiger partial charge in [0.15, 0.2) is 0 Å². The third-order valence-electron chi connectivity index (χ3n) is 4.43. The molecule has 1 N–H and O–H groups in total. The van der Waals surface area contributed by atoms with Crippen molar-refractivity contribution in [1.82, 2.24) is 14.5 Å². The Morgan fingerprint density at radius 2 is 2.00 bits per heavy atom. The van der Waals surface area contributed by atoms with Crippen molar-refractivity contribution in [2.24, 2.45) is 0 Å². The summed E-state index contributed by atoms with van der Waals surface area (Å²) < 4.78 is 26.1. The smallest absolute Gasteiger partial charge is 0.269 e. The molecule has 9 heteroatoms. The molecule has 3 rings (SSSR count). The highest BCUT2D eigenvalue weighted by Gasteiger charge is 2.43. The average molecular weight is 388 g/mol. The van der Waals surface area contributed by atoms with Gasteiger partial charge in [-0.1, -0.05) is 0 Å². The summed E-state index contributed by atoms with van der Waals surface area (Å²) in [6, 6.07) is 3.87. The van der Waals surface area contributed by atoms with Crippen LogP contribution in [0.4, 0.5) is 0 Å². The van der Waals surface area contributed by atoms with Crippen molar-refractivity contribution in [3.8, 4) is 0 Å². The first-order chi connectivity index (χ1) is 11.2. The molecule has 7 nitrogen and oxygen atoms in total. The van der Waals surface area contributed by atoms with E-state index >= 15 is 0 Å². The predicted octanol–water partition coefficient (Wildman–Crippen LogP) is 1.10. The Morgan fingerprint density at radius 1 is 1.32 bits per heavy atom. The number of piperazine rings is 1. The highest BCUT2D eigenvalue weighted by atomic mass is 35.5. The van der Waals surface area contributed by atoms with Crippen molar-refractivity contribution in [2.75, 3.05) is 19.6 Å². The van der Waals surface area contributed by atoms with Crippen molar-refractivity contribution in [2.45, 2.75) is 37.8 Å². The van der Waals surface area contributed by atoms with E-state index in [1.165, 1.54) is 18.2 Å². The molecule has 138 valence electrons. The summed E-state index contributed by atoms with van der Waals surface area (Å²) in [5, 5.41) is 3.21. The number of carbonyl (C=O) groups excluding carboxylic acids is 2.